The van der Waals surface area contributed by atoms with Crippen molar-refractivity contribution in [3.63, 3.8) is 0 Å². The van der Waals surface area contributed by atoms with Crippen molar-refractivity contribution in [3.05, 3.63) is 18.0 Å². The summed E-state index contributed by atoms with van der Waals surface area (Å²) >= 11 is 0. The molecule has 5 nitrogen and oxygen atoms in total. The first kappa shape index (κ1) is 15.5. The van der Waals surface area contributed by atoms with Crippen LogP contribution >= 0.6 is 0 Å². The molecule has 0 aliphatic heterocycles. The minimum absolute atomic E-state index is 0.0336. The lowest BCUT2D eigenvalue weighted by atomic mass is 9.88. The Bertz CT molecular complexity index is 529. The summed E-state index contributed by atoms with van der Waals surface area (Å²) in [5.74, 6) is 0.574. The van der Waals surface area contributed by atoms with Crippen LogP contribution in [0.1, 0.15) is 45.2 Å². The van der Waals surface area contributed by atoms with Crippen molar-refractivity contribution in [2.75, 3.05) is 0 Å². The molecule has 20 heavy (non-hydrogen) atoms. The summed E-state index contributed by atoms with van der Waals surface area (Å²) in [6.07, 6.45) is 5.66. The quantitative estimate of drug-likeness (QED) is 0.872. The number of aliphatic hydroxyl groups excluding tert-OH is 1. The highest BCUT2D eigenvalue weighted by molar-refractivity contribution is 7.89. The molecule has 1 aliphatic carbocycles. The molecule has 114 valence electrons. The van der Waals surface area contributed by atoms with Crippen LogP contribution in [0.4, 0.5) is 0 Å². The summed E-state index contributed by atoms with van der Waals surface area (Å²) in [4.78, 5) is 0.252. The minimum Gasteiger partial charge on any atom is -0.390 e. The average molecular weight is 300 g/mol. The molecular weight excluding hydrogens is 276 g/mol. The van der Waals surface area contributed by atoms with Gasteiger partial charge in [-0.05, 0) is 31.7 Å². The third-order valence-electron chi connectivity index (χ3n) is 4.03. The molecule has 2 N–H and O–H groups in total. The van der Waals surface area contributed by atoms with Crippen LogP contribution in [0.25, 0.3) is 0 Å². The Morgan fingerprint density at radius 1 is 1.45 bits per heavy atom. The second kappa shape index (κ2) is 6.28. The first-order chi connectivity index (χ1) is 9.46. The van der Waals surface area contributed by atoms with Gasteiger partial charge in [0.15, 0.2) is 0 Å². The van der Waals surface area contributed by atoms with Gasteiger partial charge in [-0.15, -0.1) is 0 Å². The highest BCUT2D eigenvalue weighted by Gasteiger charge is 2.25. The molecule has 0 bridgehead atoms. The number of nitrogens with one attached hydrogen (secondary N) is 1. The number of hydrogen-bond acceptors (Lipinski definition) is 3. The van der Waals surface area contributed by atoms with Crippen LogP contribution in [0.3, 0.4) is 0 Å². The van der Waals surface area contributed by atoms with Gasteiger partial charge >= 0.3 is 0 Å². The molecule has 2 unspecified atom stereocenters. The van der Waals surface area contributed by atoms with E-state index in [2.05, 4.69) is 11.6 Å². The summed E-state index contributed by atoms with van der Waals surface area (Å²) in [6, 6.07) is 1.59. The third kappa shape index (κ3) is 3.42. The normalized spacial score (nSPS) is 23.9. The lowest BCUT2D eigenvalue weighted by Crippen LogP contribution is -2.37. The van der Waals surface area contributed by atoms with Crippen molar-refractivity contribution < 1.29 is 13.5 Å². The number of sulfonamides is 1. The summed E-state index contributed by atoms with van der Waals surface area (Å²) in [5.41, 5.74) is 0.630. The van der Waals surface area contributed by atoms with Crippen molar-refractivity contribution in [2.24, 2.45) is 5.92 Å². The SMILES string of the molecule is CCn1cc(S(=O)(=O)NC2CCCC(C)C2)cc1CO. The van der Waals surface area contributed by atoms with Crippen molar-refractivity contribution >= 4 is 10.0 Å². The molecule has 1 heterocycles. The van der Waals surface area contributed by atoms with E-state index in [1.165, 1.54) is 6.42 Å². The fraction of sp³-hybridized carbons (Fsp3) is 0.714. The molecule has 0 saturated heterocycles. The fourth-order valence-electron chi connectivity index (χ4n) is 2.93. The fourth-order valence-corrected chi connectivity index (χ4v) is 4.27. The van der Waals surface area contributed by atoms with E-state index in [0.717, 1.165) is 19.3 Å². The topological polar surface area (TPSA) is 71.3 Å². The number of rotatable bonds is 5. The number of hydrogen-bond donors (Lipinski definition) is 2. The molecule has 0 amide bonds. The van der Waals surface area contributed by atoms with E-state index in [1.807, 2.05) is 6.92 Å². The van der Waals surface area contributed by atoms with E-state index in [4.69, 9.17) is 0 Å². The van der Waals surface area contributed by atoms with Gasteiger partial charge in [0.2, 0.25) is 10.0 Å². The molecular formula is C14H24N2O3S. The molecule has 0 aromatic carbocycles. The predicted octanol–water partition coefficient (Wildman–Crippen LogP) is 1.86. The zero-order chi connectivity index (χ0) is 14.8. The third-order valence-corrected chi connectivity index (χ3v) is 5.52. The van der Waals surface area contributed by atoms with Gasteiger partial charge in [0, 0.05) is 24.5 Å². The van der Waals surface area contributed by atoms with E-state index in [9.17, 15) is 13.5 Å². The molecule has 2 atom stereocenters. The Morgan fingerprint density at radius 3 is 2.75 bits per heavy atom. The van der Waals surface area contributed by atoms with Gasteiger partial charge in [-0.2, -0.15) is 0 Å². The zero-order valence-electron chi connectivity index (χ0n) is 12.2. The molecule has 1 aromatic heterocycles. The van der Waals surface area contributed by atoms with Gasteiger partial charge in [-0.25, -0.2) is 13.1 Å². The smallest absolute Gasteiger partial charge is 0.242 e. The van der Waals surface area contributed by atoms with E-state index in [0.29, 0.717) is 18.2 Å². The first-order valence-electron chi connectivity index (χ1n) is 7.28. The Labute approximate surface area is 121 Å². The van der Waals surface area contributed by atoms with Crippen LogP contribution in [0.15, 0.2) is 17.2 Å². The maximum Gasteiger partial charge on any atom is 0.242 e. The largest absolute Gasteiger partial charge is 0.390 e. The van der Waals surface area contributed by atoms with Gasteiger partial charge in [-0.1, -0.05) is 19.8 Å². The highest BCUT2D eigenvalue weighted by Crippen LogP contribution is 2.25. The van der Waals surface area contributed by atoms with Crippen LogP contribution in [-0.4, -0.2) is 24.1 Å². The molecule has 1 fully saturated rings. The highest BCUT2D eigenvalue weighted by atomic mass is 32.2. The Kier molecular flexibility index (Phi) is 4.88. The van der Waals surface area contributed by atoms with E-state index in [-0.39, 0.29) is 17.5 Å². The van der Waals surface area contributed by atoms with Crippen LogP contribution in [0, 0.1) is 5.92 Å². The molecule has 6 heteroatoms. The molecule has 0 spiro atoms. The number of nitrogens with zero attached hydrogens (tertiary/aromatic N) is 1. The van der Waals surface area contributed by atoms with Gasteiger partial charge in [0.05, 0.1) is 11.5 Å². The number of aliphatic hydroxyl groups is 1. The molecule has 1 aliphatic rings. The van der Waals surface area contributed by atoms with Crippen LogP contribution < -0.4 is 4.72 Å². The molecule has 1 aromatic rings. The van der Waals surface area contributed by atoms with Crippen molar-refractivity contribution in [3.8, 4) is 0 Å². The summed E-state index contributed by atoms with van der Waals surface area (Å²) in [6.45, 7) is 4.58. The van der Waals surface area contributed by atoms with E-state index >= 15 is 0 Å². The maximum absolute atomic E-state index is 12.4. The van der Waals surface area contributed by atoms with Crippen molar-refractivity contribution in [1.82, 2.24) is 9.29 Å². The average Bonchev–Trinajstić information content (AvgIpc) is 2.82. The molecule has 0 radical (unpaired) electrons. The monoisotopic (exact) mass is 300 g/mol. The first-order valence-corrected chi connectivity index (χ1v) is 8.76. The number of aromatic nitrogens is 1. The van der Waals surface area contributed by atoms with Gasteiger partial charge in [0.1, 0.15) is 0 Å². The van der Waals surface area contributed by atoms with E-state index < -0.39 is 10.0 Å². The van der Waals surface area contributed by atoms with Gasteiger partial charge in [-0.3, -0.25) is 0 Å². The second-order valence-corrected chi connectivity index (χ2v) is 7.42. The van der Waals surface area contributed by atoms with Crippen molar-refractivity contribution in [2.45, 2.75) is 63.6 Å². The summed E-state index contributed by atoms with van der Waals surface area (Å²) in [5, 5.41) is 9.25. The van der Waals surface area contributed by atoms with E-state index in [1.54, 1.807) is 16.8 Å². The summed E-state index contributed by atoms with van der Waals surface area (Å²) < 4.78 is 29.4. The number of aryl methyl sites for hydroxylation is 1. The van der Waals surface area contributed by atoms with Crippen LogP contribution in [0.5, 0.6) is 0 Å². The lowest BCUT2D eigenvalue weighted by Gasteiger charge is -2.27. The van der Waals surface area contributed by atoms with Crippen LogP contribution in [0.2, 0.25) is 0 Å². The van der Waals surface area contributed by atoms with Gasteiger partial charge in [0.25, 0.3) is 0 Å². The minimum atomic E-state index is -3.49. The van der Waals surface area contributed by atoms with Gasteiger partial charge < -0.3 is 9.67 Å². The van der Waals surface area contributed by atoms with Crippen molar-refractivity contribution in [1.29, 1.82) is 0 Å². The Hall–Kier alpha value is -0.850. The molecule has 2 rings (SSSR count). The Balaban J connectivity index is 2.15. The van der Waals surface area contributed by atoms with Crippen LogP contribution in [-0.2, 0) is 23.2 Å². The maximum atomic E-state index is 12.4. The lowest BCUT2D eigenvalue weighted by molar-refractivity contribution is 0.271. The summed E-state index contributed by atoms with van der Waals surface area (Å²) in [7, 11) is -3.49. The zero-order valence-corrected chi connectivity index (χ0v) is 13.0. The predicted molar refractivity (Wildman–Crippen MR) is 77.8 cm³/mol. The second-order valence-electron chi connectivity index (χ2n) is 5.70. The molecule has 1 saturated carbocycles. The Morgan fingerprint density at radius 2 is 2.20 bits per heavy atom. The standard InChI is InChI=1S/C14H24N2O3S/c1-3-16-9-14(8-13(16)10-17)20(18,19)15-12-6-4-5-11(2)7-12/h8-9,11-12,15,17H,3-7,10H2,1-2H3.